The number of nitriles is 1. The van der Waals surface area contributed by atoms with E-state index in [2.05, 4.69) is 16.4 Å². The molecule has 54 valence electrons. The highest BCUT2D eigenvalue weighted by molar-refractivity contribution is 5.91. The van der Waals surface area contributed by atoms with Gasteiger partial charge in [-0.05, 0) is 6.92 Å². The van der Waals surface area contributed by atoms with E-state index >= 15 is 0 Å². The molecule has 0 aliphatic carbocycles. The van der Waals surface area contributed by atoms with E-state index in [-0.39, 0.29) is 12.2 Å². The van der Waals surface area contributed by atoms with Crippen LogP contribution in [0.1, 0.15) is 6.92 Å². The lowest BCUT2D eigenvalue weighted by Crippen LogP contribution is -2.06. The summed E-state index contributed by atoms with van der Waals surface area (Å²) in [7, 11) is 0. The minimum absolute atomic E-state index is 0.254. The second kappa shape index (κ2) is 4.53. The van der Waals surface area contributed by atoms with Gasteiger partial charge in [0.1, 0.15) is 11.6 Å². The number of hydrogen-bond donors (Lipinski definition) is 0. The molecule has 0 aliphatic heterocycles. The number of rotatable bonds is 3. The fourth-order valence-corrected chi connectivity index (χ4v) is 0.208. The molecule has 0 fully saturated rings. The highest BCUT2D eigenvalue weighted by atomic mass is 17.2. The zero-order valence-electron chi connectivity index (χ0n) is 5.59. The molecule has 0 heterocycles. The van der Waals surface area contributed by atoms with E-state index in [0.717, 1.165) is 0 Å². The number of carbonyl (C=O) groups excluding carboxylic acids is 1. The summed E-state index contributed by atoms with van der Waals surface area (Å²) in [4.78, 5) is 18.8. The lowest BCUT2D eigenvalue weighted by molar-refractivity contribution is -0.265. The minimum Gasteiger partial charge on any atom is -0.292 e. The quantitative estimate of drug-likeness (QED) is 0.249. The average Bonchev–Trinajstić information content (AvgIpc) is 1.98. The summed E-state index contributed by atoms with van der Waals surface area (Å²) in [6.07, 6.45) is 0. The molecule has 0 unspecified atom stereocenters. The molecule has 0 aromatic carbocycles. The van der Waals surface area contributed by atoms with Gasteiger partial charge < -0.3 is 0 Å². The molecule has 0 atom stereocenters. The van der Waals surface area contributed by atoms with Gasteiger partial charge in [0.25, 0.3) is 0 Å². The lowest BCUT2D eigenvalue weighted by Gasteiger charge is -1.96. The highest BCUT2D eigenvalue weighted by Crippen LogP contribution is 1.91. The van der Waals surface area contributed by atoms with Crippen molar-refractivity contribution in [2.45, 2.75) is 6.92 Å². The first kappa shape index (κ1) is 8.66. The van der Waals surface area contributed by atoms with Gasteiger partial charge >= 0.3 is 5.97 Å². The molecule has 0 bridgehead atoms. The van der Waals surface area contributed by atoms with E-state index < -0.39 is 5.97 Å². The molecule has 0 saturated carbocycles. The summed E-state index contributed by atoms with van der Waals surface area (Å²) in [5, 5.41) is 8.10. The van der Waals surface area contributed by atoms with Crippen molar-refractivity contribution in [3.63, 3.8) is 0 Å². The van der Waals surface area contributed by atoms with Crippen molar-refractivity contribution >= 4 is 5.97 Å². The van der Waals surface area contributed by atoms with Crippen LogP contribution in [-0.2, 0) is 14.6 Å². The van der Waals surface area contributed by atoms with Gasteiger partial charge in [-0.25, -0.2) is 4.79 Å². The van der Waals surface area contributed by atoms with Gasteiger partial charge in [0.2, 0.25) is 0 Å². The van der Waals surface area contributed by atoms with E-state index in [1.807, 2.05) is 0 Å². The molecule has 0 amide bonds. The second-order valence-corrected chi connectivity index (χ2v) is 1.37. The first-order valence-electron chi connectivity index (χ1n) is 2.65. The maximum Gasteiger partial charge on any atom is 0.382 e. The van der Waals surface area contributed by atoms with Crippen LogP contribution in [0.25, 0.3) is 0 Å². The summed E-state index contributed by atoms with van der Waals surface area (Å²) >= 11 is 0. The van der Waals surface area contributed by atoms with E-state index in [0.29, 0.717) is 0 Å². The first-order chi connectivity index (χ1) is 4.72. The van der Waals surface area contributed by atoms with Crippen molar-refractivity contribution in [1.82, 2.24) is 0 Å². The van der Waals surface area contributed by atoms with Crippen molar-refractivity contribution < 1.29 is 14.6 Å². The Bertz CT molecular complexity index is 180. The van der Waals surface area contributed by atoms with E-state index in [1.165, 1.54) is 6.07 Å². The molecule has 0 radical (unpaired) electrons. The highest BCUT2D eigenvalue weighted by Gasteiger charge is 2.06. The Hall–Kier alpha value is -1.34. The van der Waals surface area contributed by atoms with Gasteiger partial charge in [-0.2, -0.15) is 10.1 Å². The van der Waals surface area contributed by atoms with Gasteiger partial charge in [-0.3, -0.25) is 4.89 Å². The molecular formula is C6H7NO3. The lowest BCUT2D eigenvalue weighted by atomic mass is 10.4. The summed E-state index contributed by atoms with van der Waals surface area (Å²) in [6.45, 7) is 5.02. The first-order valence-corrected chi connectivity index (χ1v) is 2.65. The van der Waals surface area contributed by atoms with Crippen LogP contribution in [0.5, 0.6) is 0 Å². The predicted octanol–water partition coefficient (Wildman–Crippen LogP) is 0.561. The van der Waals surface area contributed by atoms with Gasteiger partial charge in [-0.1, -0.05) is 6.58 Å². The molecule has 0 N–H and O–H groups in total. The van der Waals surface area contributed by atoms with Crippen LogP contribution in [0.15, 0.2) is 12.2 Å². The molecule has 4 heteroatoms. The normalized spacial score (nSPS) is 8.00. The Balaban J connectivity index is 3.66. The van der Waals surface area contributed by atoms with Crippen LogP contribution in [0, 0.1) is 11.3 Å². The smallest absolute Gasteiger partial charge is 0.292 e. The maximum absolute atomic E-state index is 10.5. The van der Waals surface area contributed by atoms with E-state index in [4.69, 9.17) is 5.26 Å². The largest absolute Gasteiger partial charge is 0.382 e. The van der Waals surface area contributed by atoms with Crippen LogP contribution in [0.4, 0.5) is 0 Å². The van der Waals surface area contributed by atoms with Crippen LogP contribution < -0.4 is 0 Å². The van der Waals surface area contributed by atoms with Crippen LogP contribution in [0.3, 0.4) is 0 Å². The van der Waals surface area contributed by atoms with Crippen LogP contribution >= 0.6 is 0 Å². The minimum atomic E-state index is -0.843. The number of nitrogens with zero attached hydrogens (tertiary/aromatic N) is 1. The molecule has 10 heavy (non-hydrogen) atoms. The Morgan fingerprint density at radius 3 is 2.80 bits per heavy atom. The molecule has 0 aliphatic rings. The van der Waals surface area contributed by atoms with Crippen LogP contribution in [-0.4, -0.2) is 12.6 Å². The summed E-state index contributed by atoms with van der Waals surface area (Å²) < 4.78 is 0. The van der Waals surface area contributed by atoms with Gasteiger partial charge in [0.05, 0.1) is 6.61 Å². The Morgan fingerprint density at radius 1 is 1.80 bits per heavy atom. The topological polar surface area (TPSA) is 59.3 Å². The van der Waals surface area contributed by atoms with Crippen molar-refractivity contribution in [1.29, 1.82) is 5.26 Å². The van der Waals surface area contributed by atoms with Crippen LogP contribution in [0.2, 0.25) is 0 Å². The Labute approximate surface area is 58.6 Å². The zero-order chi connectivity index (χ0) is 7.98. The zero-order valence-corrected chi connectivity index (χ0v) is 5.59. The number of hydrogen-bond acceptors (Lipinski definition) is 4. The maximum atomic E-state index is 10.5. The number of carbonyl (C=O) groups is 1. The molecule has 0 saturated heterocycles. The van der Waals surface area contributed by atoms with E-state index in [9.17, 15) is 4.79 Å². The van der Waals surface area contributed by atoms with Crippen molar-refractivity contribution in [3.05, 3.63) is 12.2 Å². The third-order valence-electron chi connectivity index (χ3n) is 0.634. The molecule has 0 aromatic heterocycles. The van der Waals surface area contributed by atoms with E-state index in [1.54, 1.807) is 6.92 Å². The van der Waals surface area contributed by atoms with Crippen molar-refractivity contribution in [2.75, 3.05) is 6.61 Å². The molecule has 0 aromatic rings. The standard InChI is InChI=1S/C6H7NO3/c1-3-9-10-6(8)5(2)4-7/h2-3H2,1H3. The summed E-state index contributed by atoms with van der Waals surface area (Å²) in [6, 6.07) is 1.52. The Kier molecular flexibility index (Phi) is 3.92. The van der Waals surface area contributed by atoms with Crippen molar-refractivity contribution in [3.8, 4) is 6.07 Å². The van der Waals surface area contributed by atoms with Gasteiger partial charge in [0.15, 0.2) is 0 Å². The SMILES string of the molecule is C=C(C#N)C(=O)OOCC. The fourth-order valence-electron chi connectivity index (χ4n) is 0.208. The Morgan fingerprint density at radius 2 is 2.40 bits per heavy atom. The van der Waals surface area contributed by atoms with Gasteiger partial charge in [-0.15, -0.1) is 0 Å². The third-order valence-corrected chi connectivity index (χ3v) is 0.634. The molecule has 0 rings (SSSR count). The summed E-state index contributed by atoms with van der Waals surface area (Å²) in [5.41, 5.74) is -0.270. The van der Waals surface area contributed by atoms with Crippen molar-refractivity contribution in [2.24, 2.45) is 0 Å². The average molecular weight is 141 g/mol. The monoisotopic (exact) mass is 141 g/mol. The fraction of sp³-hybridized carbons (Fsp3) is 0.333. The molecule has 0 spiro atoms. The predicted molar refractivity (Wildman–Crippen MR) is 32.5 cm³/mol. The second-order valence-electron chi connectivity index (χ2n) is 1.37. The summed E-state index contributed by atoms with van der Waals surface area (Å²) in [5.74, 6) is -0.843. The molecule has 4 nitrogen and oxygen atoms in total. The van der Waals surface area contributed by atoms with Gasteiger partial charge in [0, 0.05) is 0 Å². The third kappa shape index (κ3) is 2.84. The molecular weight excluding hydrogens is 134 g/mol.